The number of thiazole rings is 1. The van der Waals surface area contributed by atoms with E-state index in [1.807, 2.05) is 59.3 Å². The van der Waals surface area contributed by atoms with Crippen LogP contribution in [0.5, 0.6) is 5.75 Å². The molecule has 0 unspecified atom stereocenters. The molecule has 1 aliphatic rings. The summed E-state index contributed by atoms with van der Waals surface area (Å²) < 4.78 is 12.8. The molecule has 1 aliphatic heterocycles. The van der Waals surface area contributed by atoms with Gasteiger partial charge in [-0.2, -0.15) is 0 Å². The van der Waals surface area contributed by atoms with Gasteiger partial charge in [0.1, 0.15) is 11.4 Å². The number of fused-ring (bicyclic) bond motifs is 1. The first-order chi connectivity index (χ1) is 16.6. The van der Waals surface area contributed by atoms with Gasteiger partial charge in [0, 0.05) is 35.9 Å². The van der Waals surface area contributed by atoms with Crippen LogP contribution in [0.15, 0.2) is 60.1 Å². The zero-order valence-corrected chi connectivity index (χ0v) is 19.5. The molecule has 0 atom stereocenters. The van der Waals surface area contributed by atoms with Gasteiger partial charge in [0.25, 0.3) is 11.8 Å². The summed E-state index contributed by atoms with van der Waals surface area (Å²) in [5, 5.41) is 4.79. The average molecular weight is 477 g/mol. The molecule has 34 heavy (non-hydrogen) atoms. The van der Waals surface area contributed by atoms with Gasteiger partial charge in [-0.15, -0.1) is 11.3 Å². The van der Waals surface area contributed by atoms with Crippen molar-refractivity contribution >= 4 is 33.8 Å². The Hall–Kier alpha value is -3.69. The number of hydrogen-bond donors (Lipinski definition) is 1. The van der Waals surface area contributed by atoms with E-state index in [0.717, 1.165) is 16.2 Å². The number of imidazole rings is 1. The van der Waals surface area contributed by atoms with E-state index in [4.69, 9.17) is 14.5 Å². The Kier molecular flexibility index (Phi) is 6.29. The number of morpholine rings is 1. The second kappa shape index (κ2) is 9.66. The molecule has 1 saturated heterocycles. The summed E-state index contributed by atoms with van der Waals surface area (Å²) in [6.45, 7) is 4.66. The predicted molar refractivity (Wildman–Crippen MR) is 131 cm³/mol. The number of rotatable bonds is 6. The first-order valence-corrected chi connectivity index (χ1v) is 12.0. The second-order valence-electron chi connectivity index (χ2n) is 7.77. The van der Waals surface area contributed by atoms with E-state index in [0.29, 0.717) is 55.6 Å². The Morgan fingerprint density at radius 2 is 1.97 bits per heavy atom. The first-order valence-electron chi connectivity index (χ1n) is 11.1. The fourth-order valence-electron chi connectivity index (χ4n) is 3.90. The van der Waals surface area contributed by atoms with Gasteiger partial charge in [0.15, 0.2) is 4.96 Å². The smallest absolute Gasteiger partial charge is 0.271 e. The van der Waals surface area contributed by atoms with E-state index in [2.05, 4.69) is 5.32 Å². The Labute approximate surface area is 200 Å². The normalized spacial score (nSPS) is 13.7. The average Bonchev–Trinajstić information content (AvgIpc) is 3.46. The molecule has 174 valence electrons. The molecule has 9 heteroatoms. The number of anilines is 1. The van der Waals surface area contributed by atoms with Crippen LogP contribution in [-0.2, 0) is 4.74 Å². The maximum Gasteiger partial charge on any atom is 0.271 e. The highest BCUT2D eigenvalue weighted by Gasteiger charge is 2.22. The number of ether oxygens (including phenoxy) is 2. The van der Waals surface area contributed by atoms with Crippen molar-refractivity contribution in [3.05, 3.63) is 71.4 Å². The Morgan fingerprint density at radius 3 is 2.79 bits per heavy atom. The number of nitrogens with zero attached hydrogens (tertiary/aromatic N) is 3. The maximum absolute atomic E-state index is 13.0. The number of carbonyl (C=O) groups is 2. The molecule has 5 rings (SSSR count). The fourth-order valence-corrected chi connectivity index (χ4v) is 4.74. The largest absolute Gasteiger partial charge is 0.493 e. The lowest BCUT2D eigenvalue weighted by Gasteiger charge is -2.26. The van der Waals surface area contributed by atoms with E-state index in [9.17, 15) is 9.59 Å². The molecule has 1 fully saturated rings. The number of hydrogen-bond acceptors (Lipinski definition) is 6. The van der Waals surface area contributed by atoms with E-state index in [1.54, 1.807) is 17.0 Å². The lowest BCUT2D eigenvalue weighted by atomic mass is 10.1. The monoisotopic (exact) mass is 476 g/mol. The Morgan fingerprint density at radius 1 is 1.15 bits per heavy atom. The van der Waals surface area contributed by atoms with E-state index >= 15 is 0 Å². The third-order valence-electron chi connectivity index (χ3n) is 5.57. The van der Waals surface area contributed by atoms with Crippen molar-refractivity contribution < 1.29 is 19.1 Å². The molecule has 0 radical (unpaired) electrons. The number of nitrogens with one attached hydrogen (secondary N) is 1. The van der Waals surface area contributed by atoms with Crippen LogP contribution in [0.4, 0.5) is 5.69 Å². The molecular formula is C25H24N4O4S. The summed E-state index contributed by atoms with van der Waals surface area (Å²) in [6, 6.07) is 14.7. The molecule has 8 nitrogen and oxygen atoms in total. The van der Waals surface area contributed by atoms with E-state index < -0.39 is 0 Å². The fraction of sp³-hybridized carbons (Fsp3) is 0.240. The molecule has 4 aromatic rings. The van der Waals surface area contributed by atoms with Crippen LogP contribution in [0, 0.1) is 0 Å². The van der Waals surface area contributed by atoms with Crippen molar-refractivity contribution in [2.45, 2.75) is 6.92 Å². The van der Waals surface area contributed by atoms with Crippen LogP contribution in [-0.4, -0.2) is 59.0 Å². The minimum Gasteiger partial charge on any atom is -0.493 e. The van der Waals surface area contributed by atoms with Gasteiger partial charge in [0.05, 0.1) is 31.1 Å². The zero-order valence-electron chi connectivity index (χ0n) is 18.7. The quantitative estimate of drug-likeness (QED) is 0.451. The second-order valence-corrected chi connectivity index (χ2v) is 8.60. The lowest BCUT2D eigenvalue weighted by Crippen LogP contribution is -2.41. The molecule has 0 saturated carbocycles. The van der Waals surface area contributed by atoms with Gasteiger partial charge < -0.3 is 19.7 Å². The van der Waals surface area contributed by atoms with Crippen molar-refractivity contribution in [2.75, 3.05) is 38.2 Å². The molecule has 3 heterocycles. The molecule has 0 aliphatic carbocycles. The number of aromatic nitrogens is 2. The predicted octanol–water partition coefficient (Wildman–Crippen LogP) is 4.19. The number of carbonyl (C=O) groups excluding carboxylic acids is 2. The molecular weight excluding hydrogens is 452 g/mol. The Balaban J connectivity index is 1.38. The minimum absolute atomic E-state index is 0.0209. The van der Waals surface area contributed by atoms with Crippen molar-refractivity contribution in [1.82, 2.24) is 14.3 Å². The summed E-state index contributed by atoms with van der Waals surface area (Å²) in [6.07, 6.45) is 1.87. The van der Waals surface area contributed by atoms with Gasteiger partial charge in [0.2, 0.25) is 0 Å². The summed E-state index contributed by atoms with van der Waals surface area (Å²) in [7, 11) is 0. The number of amides is 2. The van der Waals surface area contributed by atoms with Gasteiger partial charge in [-0.1, -0.05) is 24.3 Å². The van der Waals surface area contributed by atoms with Gasteiger partial charge >= 0.3 is 0 Å². The van der Waals surface area contributed by atoms with Crippen LogP contribution in [0.3, 0.4) is 0 Å². The van der Waals surface area contributed by atoms with Gasteiger partial charge in [-0.3, -0.25) is 14.0 Å². The highest BCUT2D eigenvalue weighted by atomic mass is 32.1. The van der Waals surface area contributed by atoms with Crippen LogP contribution >= 0.6 is 11.3 Å². The van der Waals surface area contributed by atoms with E-state index in [-0.39, 0.29) is 11.8 Å². The maximum atomic E-state index is 13.0. The van der Waals surface area contributed by atoms with Crippen LogP contribution in [0.1, 0.15) is 27.8 Å². The third-order valence-corrected chi connectivity index (χ3v) is 6.41. The van der Waals surface area contributed by atoms with Crippen LogP contribution < -0.4 is 10.1 Å². The molecule has 2 aromatic heterocycles. The zero-order chi connectivity index (χ0) is 23.5. The molecule has 1 N–H and O–H groups in total. The summed E-state index contributed by atoms with van der Waals surface area (Å²) in [5.74, 6) is 0.281. The summed E-state index contributed by atoms with van der Waals surface area (Å²) >= 11 is 1.43. The van der Waals surface area contributed by atoms with Crippen LogP contribution in [0.25, 0.3) is 16.2 Å². The molecule has 0 spiro atoms. The topological polar surface area (TPSA) is 85.2 Å². The van der Waals surface area contributed by atoms with Crippen LogP contribution in [0.2, 0.25) is 0 Å². The molecule has 2 aromatic carbocycles. The van der Waals surface area contributed by atoms with Crippen molar-refractivity contribution in [1.29, 1.82) is 0 Å². The number of para-hydroxylation sites is 1. The van der Waals surface area contributed by atoms with Crippen molar-refractivity contribution in [2.24, 2.45) is 0 Å². The van der Waals surface area contributed by atoms with Gasteiger partial charge in [-0.05, 0) is 31.2 Å². The molecule has 0 bridgehead atoms. The highest BCUT2D eigenvalue weighted by molar-refractivity contribution is 7.15. The lowest BCUT2D eigenvalue weighted by molar-refractivity contribution is 0.0298. The summed E-state index contributed by atoms with van der Waals surface area (Å²) in [4.78, 5) is 33.1. The minimum atomic E-state index is -0.245. The highest BCUT2D eigenvalue weighted by Crippen LogP contribution is 2.27. The standard InChI is InChI=1S/C25H24N4O4S/c1-2-33-22-9-4-3-8-19(22)23(30)26-18-7-5-6-17(14-18)20-15-29-21(16-34-25(29)27-20)24(31)28-10-12-32-13-11-28/h3-9,14-16H,2,10-13H2,1H3,(H,26,30). The van der Waals surface area contributed by atoms with Crippen molar-refractivity contribution in [3.8, 4) is 17.0 Å². The van der Waals surface area contributed by atoms with Gasteiger partial charge in [-0.25, -0.2) is 4.98 Å². The number of benzene rings is 2. The first kappa shape index (κ1) is 22.1. The molecule has 2 amide bonds. The Bertz CT molecular complexity index is 1340. The van der Waals surface area contributed by atoms with E-state index in [1.165, 1.54) is 11.3 Å². The van der Waals surface area contributed by atoms with Crippen molar-refractivity contribution in [3.63, 3.8) is 0 Å². The SMILES string of the molecule is CCOc1ccccc1C(=O)Nc1cccc(-c2cn3c(C(=O)N4CCOCC4)csc3n2)c1. The summed E-state index contributed by atoms with van der Waals surface area (Å²) in [5.41, 5.74) is 3.29. The third kappa shape index (κ3) is 4.40.